The molecule has 3 rings (SSSR count). The second-order valence-corrected chi connectivity index (χ2v) is 10.0. The van der Waals surface area contributed by atoms with Gasteiger partial charge in [0.25, 0.3) is 0 Å². The largest absolute Gasteiger partial charge is 0.386 e. The number of rotatable bonds is 5. The molecule has 1 unspecified atom stereocenters. The lowest BCUT2D eigenvalue weighted by Gasteiger charge is -2.31. The van der Waals surface area contributed by atoms with Gasteiger partial charge in [-0.25, -0.2) is 0 Å². The average Bonchev–Trinajstić information content (AvgIpc) is 2.63. The van der Waals surface area contributed by atoms with Gasteiger partial charge in [-0.2, -0.15) is 8.42 Å². The van der Waals surface area contributed by atoms with Crippen molar-refractivity contribution in [2.45, 2.75) is 52.9 Å². The van der Waals surface area contributed by atoms with Crippen LogP contribution in [0.1, 0.15) is 61.3 Å². The van der Waals surface area contributed by atoms with Gasteiger partial charge in [0.1, 0.15) is 5.76 Å². The summed E-state index contributed by atoms with van der Waals surface area (Å²) >= 11 is 0. The van der Waals surface area contributed by atoms with Crippen LogP contribution in [-0.4, -0.2) is 33.7 Å². The van der Waals surface area contributed by atoms with Crippen molar-refractivity contribution in [3.63, 3.8) is 0 Å². The van der Waals surface area contributed by atoms with Crippen molar-refractivity contribution >= 4 is 21.5 Å². The van der Waals surface area contributed by atoms with Crippen molar-refractivity contribution in [2.24, 2.45) is 11.8 Å². The van der Waals surface area contributed by atoms with Crippen LogP contribution in [0.25, 0.3) is 5.57 Å². The van der Waals surface area contributed by atoms with Gasteiger partial charge in [-0.15, -0.1) is 5.92 Å². The van der Waals surface area contributed by atoms with Crippen LogP contribution in [0.15, 0.2) is 17.9 Å². The molecule has 0 bridgehead atoms. The summed E-state index contributed by atoms with van der Waals surface area (Å²) in [6, 6.07) is 3.87. The molecule has 1 aliphatic heterocycles. The Labute approximate surface area is 180 Å². The maximum absolute atomic E-state index is 13.3. The first-order chi connectivity index (χ1) is 14.2. The maximum atomic E-state index is 13.3. The molecule has 5 nitrogen and oxygen atoms in total. The summed E-state index contributed by atoms with van der Waals surface area (Å²) in [7, 11) is -3.74. The molecule has 1 heterocycles. The molecular weight excluding hydrogens is 400 g/mol. The molecule has 1 aromatic rings. The quantitative estimate of drug-likeness (QED) is 0.518. The van der Waals surface area contributed by atoms with Gasteiger partial charge < -0.3 is 8.92 Å². The predicted octanol–water partition coefficient (Wildman–Crippen LogP) is 4.16. The lowest BCUT2D eigenvalue weighted by Crippen LogP contribution is -2.26. The first-order valence-electron chi connectivity index (χ1n) is 10.5. The number of ketones is 1. The van der Waals surface area contributed by atoms with E-state index < -0.39 is 10.1 Å². The summed E-state index contributed by atoms with van der Waals surface area (Å²) in [6.07, 6.45) is 4.77. The molecule has 0 radical (unpaired) electrons. The molecule has 162 valence electrons. The van der Waals surface area contributed by atoms with E-state index in [1.807, 2.05) is 26.0 Å². The van der Waals surface area contributed by atoms with Crippen molar-refractivity contribution in [1.29, 1.82) is 0 Å². The van der Waals surface area contributed by atoms with Crippen molar-refractivity contribution in [3.8, 4) is 11.8 Å². The number of hydrogen-bond acceptors (Lipinski definition) is 5. The molecule has 30 heavy (non-hydrogen) atoms. The number of ether oxygens (including phenoxy) is 1. The zero-order chi connectivity index (χ0) is 21.9. The van der Waals surface area contributed by atoms with E-state index in [0.717, 1.165) is 61.0 Å². The van der Waals surface area contributed by atoms with E-state index in [9.17, 15) is 13.2 Å². The van der Waals surface area contributed by atoms with E-state index in [2.05, 4.69) is 11.8 Å². The number of carbonyl (C=O) groups excluding carboxylic acids is 1. The molecule has 0 spiro atoms. The van der Waals surface area contributed by atoms with E-state index in [4.69, 9.17) is 8.92 Å². The molecule has 1 atom stereocenters. The third-order valence-electron chi connectivity index (χ3n) is 5.82. The third-order valence-corrected chi connectivity index (χ3v) is 6.32. The average molecular weight is 431 g/mol. The second-order valence-electron chi connectivity index (χ2n) is 8.43. The minimum absolute atomic E-state index is 0.0440. The molecule has 1 aliphatic carbocycles. The first-order valence-corrected chi connectivity index (χ1v) is 12.3. The highest BCUT2D eigenvalue weighted by Gasteiger charge is 2.34. The van der Waals surface area contributed by atoms with Crippen LogP contribution >= 0.6 is 0 Å². The Hall–Kier alpha value is -2.10. The highest BCUT2D eigenvalue weighted by atomic mass is 32.2. The molecular formula is C24H30O5S. The summed E-state index contributed by atoms with van der Waals surface area (Å²) in [6.45, 7) is 7.14. The second kappa shape index (κ2) is 9.36. The monoisotopic (exact) mass is 430 g/mol. The van der Waals surface area contributed by atoms with Gasteiger partial charge in [0.05, 0.1) is 11.8 Å². The summed E-state index contributed by atoms with van der Waals surface area (Å²) < 4.78 is 34.8. The third kappa shape index (κ3) is 5.53. The summed E-state index contributed by atoms with van der Waals surface area (Å²) in [4.78, 5) is 13.3. The Morgan fingerprint density at radius 2 is 1.73 bits per heavy atom. The predicted molar refractivity (Wildman–Crippen MR) is 117 cm³/mol. The van der Waals surface area contributed by atoms with Crippen molar-refractivity contribution < 1.29 is 22.1 Å². The van der Waals surface area contributed by atoms with Crippen LogP contribution in [-0.2, 0) is 23.8 Å². The molecule has 2 aliphatic rings. The molecule has 0 saturated carbocycles. The number of carbonyl (C=O) groups is 1. The molecule has 0 amide bonds. The van der Waals surface area contributed by atoms with E-state index >= 15 is 0 Å². The van der Waals surface area contributed by atoms with Gasteiger partial charge >= 0.3 is 10.1 Å². The normalized spacial score (nSPS) is 20.7. The highest BCUT2D eigenvalue weighted by molar-refractivity contribution is 7.86. The molecule has 0 N–H and O–H groups in total. The summed E-state index contributed by atoms with van der Waals surface area (Å²) in [5, 5.41) is 0. The summed E-state index contributed by atoms with van der Waals surface area (Å²) in [5.41, 5.74) is 3.85. The van der Waals surface area contributed by atoms with Gasteiger partial charge in [0.2, 0.25) is 0 Å². The Kier molecular flexibility index (Phi) is 7.05. The number of hydrogen-bond donors (Lipinski definition) is 0. The van der Waals surface area contributed by atoms with Crippen LogP contribution < -0.4 is 0 Å². The zero-order valence-corrected chi connectivity index (χ0v) is 19.0. The Bertz CT molecular complexity index is 994. The van der Waals surface area contributed by atoms with Gasteiger partial charge in [0.15, 0.2) is 5.78 Å². The number of aryl methyl sites for hydroxylation is 2. The van der Waals surface area contributed by atoms with Crippen LogP contribution in [0.2, 0.25) is 0 Å². The number of Topliss-reactive ketones (excluding diaryl/α,β-unsaturated/α-hetero) is 1. The van der Waals surface area contributed by atoms with Gasteiger partial charge in [-0.1, -0.05) is 5.92 Å². The van der Waals surface area contributed by atoms with E-state index in [-0.39, 0.29) is 17.5 Å². The molecule has 0 aromatic heterocycles. The van der Waals surface area contributed by atoms with Crippen LogP contribution in [0.4, 0.5) is 0 Å². The minimum atomic E-state index is -3.74. The SMILES string of the molecule is CC#Cc1cc(C)c(C2=C(OS(C)(=O)=O)CC(CC3CCOCC3)CC2=O)c(C)c1. The Morgan fingerprint density at radius 3 is 2.30 bits per heavy atom. The number of benzene rings is 1. The maximum Gasteiger partial charge on any atom is 0.305 e. The first kappa shape index (κ1) is 22.6. The van der Waals surface area contributed by atoms with Crippen molar-refractivity contribution in [3.05, 3.63) is 40.1 Å². The van der Waals surface area contributed by atoms with Crippen LogP contribution in [0.3, 0.4) is 0 Å². The fourth-order valence-corrected chi connectivity index (χ4v) is 5.20. The topological polar surface area (TPSA) is 69.7 Å². The Balaban J connectivity index is 2.01. The minimum Gasteiger partial charge on any atom is -0.386 e. The Morgan fingerprint density at radius 1 is 1.10 bits per heavy atom. The van der Waals surface area contributed by atoms with Crippen molar-refractivity contribution in [1.82, 2.24) is 0 Å². The summed E-state index contributed by atoms with van der Waals surface area (Å²) in [5.74, 6) is 6.77. The highest BCUT2D eigenvalue weighted by Crippen LogP contribution is 2.40. The molecule has 1 saturated heterocycles. The van der Waals surface area contributed by atoms with Gasteiger partial charge in [0, 0.05) is 31.6 Å². The fourth-order valence-electron chi connectivity index (χ4n) is 4.69. The van der Waals surface area contributed by atoms with E-state index in [0.29, 0.717) is 24.3 Å². The van der Waals surface area contributed by atoms with Gasteiger partial charge in [-0.05, 0) is 80.7 Å². The number of allylic oxidation sites excluding steroid dienone is 2. The zero-order valence-electron chi connectivity index (χ0n) is 18.2. The molecule has 1 aromatic carbocycles. The van der Waals surface area contributed by atoms with Crippen molar-refractivity contribution in [2.75, 3.05) is 19.5 Å². The molecule has 1 fully saturated rings. The van der Waals surface area contributed by atoms with Gasteiger partial charge in [-0.3, -0.25) is 4.79 Å². The van der Waals surface area contributed by atoms with Crippen LogP contribution in [0.5, 0.6) is 0 Å². The van der Waals surface area contributed by atoms with Crippen LogP contribution in [0, 0.1) is 37.5 Å². The standard InChI is InChI=1S/C24H30O5S/c1-5-6-19-11-16(2)23(17(3)12-19)24-21(25)14-20(13-18-7-9-28-10-8-18)15-22(24)29-30(4,26)27/h11-12,18,20H,7-10,13-15H2,1-4H3. The fraction of sp³-hybridized carbons (Fsp3) is 0.542. The smallest absolute Gasteiger partial charge is 0.305 e. The molecule has 6 heteroatoms. The lowest BCUT2D eigenvalue weighted by atomic mass is 9.77. The van der Waals surface area contributed by atoms with E-state index in [1.165, 1.54) is 0 Å². The lowest BCUT2D eigenvalue weighted by molar-refractivity contribution is -0.115. The van der Waals surface area contributed by atoms with E-state index in [1.54, 1.807) is 6.92 Å².